The topological polar surface area (TPSA) is 62.8 Å². The van der Waals surface area contributed by atoms with Crippen LogP contribution in [0.15, 0.2) is 36.4 Å². The van der Waals surface area contributed by atoms with Gasteiger partial charge in [-0.3, -0.25) is 9.69 Å². The Morgan fingerprint density at radius 3 is 2.68 bits per heavy atom. The average molecular weight is 424 g/mol. The Morgan fingerprint density at radius 1 is 1.18 bits per heavy atom. The van der Waals surface area contributed by atoms with Crippen LogP contribution < -0.4 is 15.4 Å². The van der Waals surface area contributed by atoms with Crippen molar-refractivity contribution in [2.24, 2.45) is 0 Å². The van der Waals surface area contributed by atoms with E-state index in [2.05, 4.69) is 15.5 Å². The molecule has 28 heavy (non-hydrogen) atoms. The number of amides is 1. The number of carbonyl (C=O) groups excluding carboxylic acids is 1. The summed E-state index contributed by atoms with van der Waals surface area (Å²) in [5, 5.41) is 7.06. The molecular formula is C20H23Cl2N3O3. The SMILES string of the molecule is COc1ccc(Cl)cc1C(=O)Nc1ccc(NCCN2CCOCC2)cc1Cl. The van der Waals surface area contributed by atoms with Crippen LogP contribution in [0.25, 0.3) is 0 Å². The second kappa shape index (κ2) is 9.98. The third kappa shape index (κ3) is 5.52. The maximum Gasteiger partial charge on any atom is 0.259 e. The molecule has 0 bridgehead atoms. The second-order valence-electron chi connectivity index (χ2n) is 6.37. The minimum absolute atomic E-state index is 0.339. The summed E-state index contributed by atoms with van der Waals surface area (Å²) in [6, 6.07) is 10.3. The molecule has 0 aromatic heterocycles. The maximum absolute atomic E-state index is 12.6. The Bertz CT molecular complexity index is 826. The number of rotatable bonds is 7. The summed E-state index contributed by atoms with van der Waals surface area (Å²) in [6.45, 7) is 5.24. The van der Waals surface area contributed by atoms with E-state index in [1.54, 1.807) is 30.3 Å². The second-order valence-corrected chi connectivity index (χ2v) is 7.22. The van der Waals surface area contributed by atoms with Gasteiger partial charge in [-0.05, 0) is 36.4 Å². The lowest BCUT2D eigenvalue weighted by molar-refractivity contribution is 0.0398. The Kier molecular flexibility index (Phi) is 7.39. The van der Waals surface area contributed by atoms with Gasteiger partial charge in [0.25, 0.3) is 5.91 Å². The van der Waals surface area contributed by atoms with Crippen molar-refractivity contribution in [2.75, 3.05) is 57.1 Å². The molecule has 0 aliphatic carbocycles. The van der Waals surface area contributed by atoms with Gasteiger partial charge in [0.05, 0.1) is 36.6 Å². The first-order valence-electron chi connectivity index (χ1n) is 9.05. The van der Waals surface area contributed by atoms with E-state index in [0.29, 0.717) is 27.0 Å². The monoisotopic (exact) mass is 423 g/mol. The van der Waals surface area contributed by atoms with E-state index < -0.39 is 0 Å². The fourth-order valence-corrected chi connectivity index (χ4v) is 3.36. The lowest BCUT2D eigenvalue weighted by Crippen LogP contribution is -2.39. The molecule has 1 amide bonds. The molecule has 0 atom stereocenters. The zero-order chi connectivity index (χ0) is 19.9. The molecule has 150 valence electrons. The van der Waals surface area contributed by atoms with Gasteiger partial charge in [-0.15, -0.1) is 0 Å². The van der Waals surface area contributed by atoms with Crippen LogP contribution in [0.1, 0.15) is 10.4 Å². The molecule has 3 rings (SSSR count). The lowest BCUT2D eigenvalue weighted by atomic mass is 10.1. The van der Waals surface area contributed by atoms with Crippen LogP contribution in [-0.2, 0) is 4.74 Å². The number of morpholine rings is 1. The fourth-order valence-electron chi connectivity index (χ4n) is 2.96. The number of benzene rings is 2. The molecule has 2 aromatic carbocycles. The van der Waals surface area contributed by atoms with E-state index in [4.69, 9.17) is 32.7 Å². The quantitative estimate of drug-likeness (QED) is 0.704. The van der Waals surface area contributed by atoms with Crippen LogP contribution in [0.3, 0.4) is 0 Å². The van der Waals surface area contributed by atoms with Crippen LogP contribution in [0.5, 0.6) is 5.75 Å². The minimum atomic E-state index is -0.339. The molecule has 1 heterocycles. The summed E-state index contributed by atoms with van der Waals surface area (Å²) in [7, 11) is 1.50. The van der Waals surface area contributed by atoms with Gasteiger partial charge in [0, 0.05) is 36.9 Å². The van der Waals surface area contributed by atoms with Gasteiger partial charge >= 0.3 is 0 Å². The van der Waals surface area contributed by atoms with E-state index in [1.165, 1.54) is 7.11 Å². The largest absolute Gasteiger partial charge is 0.496 e. The lowest BCUT2D eigenvalue weighted by Gasteiger charge is -2.26. The van der Waals surface area contributed by atoms with Gasteiger partial charge in [-0.2, -0.15) is 0 Å². The molecule has 0 spiro atoms. The van der Waals surface area contributed by atoms with E-state index >= 15 is 0 Å². The van der Waals surface area contributed by atoms with Gasteiger partial charge in [-0.25, -0.2) is 0 Å². The van der Waals surface area contributed by atoms with Gasteiger partial charge in [-0.1, -0.05) is 23.2 Å². The number of ether oxygens (including phenoxy) is 2. The number of halogens is 2. The number of hydrogen-bond donors (Lipinski definition) is 2. The van der Waals surface area contributed by atoms with Gasteiger partial charge < -0.3 is 20.1 Å². The zero-order valence-electron chi connectivity index (χ0n) is 15.6. The number of carbonyl (C=O) groups is 1. The third-order valence-corrected chi connectivity index (χ3v) is 5.03. The van der Waals surface area contributed by atoms with Crippen molar-refractivity contribution in [3.63, 3.8) is 0 Å². The number of nitrogens with zero attached hydrogens (tertiary/aromatic N) is 1. The first-order valence-corrected chi connectivity index (χ1v) is 9.81. The third-order valence-electron chi connectivity index (χ3n) is 4.48. The van der Waals surface area contributed by atoms with Crippen molar-refractivity contribution in [3.05, 3.63) is 52.0 Å². The van der Waals surface area contributed by atoms with E-state index in [0.717, 1.165) is 45.1 Å². The van der Waals surface area contributed by atoms with E-state index in [1.807, 2.05) is 6.07 Å². The number of hydrogen-bond acceptors (Lipinski definition) is 5. The van der Waals surface area contributed by atoms with Crippen LogP contribution in [0.2, 0.25) is 10.0 Å². The molecule has 8 heteroatoms. The highest BCUT2D eigenvalue weighted by atomic mass is 35.5. The van der Waals surface area contributed by atoms with Crippen molar-refractivity contribution in [1.82, 2.24) is 4.90 Å². The minimum Gasteiger partial charge on any atom is -0.496 e. The van der Waals surface area contributed by atoms with Crippen molar-refractivity contribution >= 4 is 40.5 Å². The Labute approximate surface area is 174 Å². The van der Waals surface area contributed by atoms with Gasteiger partial charge in [0.15, 0.2) is 0 Å². The standard InChI is InChI=1S/C20H23Cl2N3O3/c1-27-19-5-2-14(21)12-16(19)20(26)24-18-4-3-15(13-17(18)22)23-6-7-25-8-10-28-11-9-25/h2-5,12-13,23H,6-11H2,1H3,(H,24,26). The number of anilines is 2. The van der Waals surface area contributed by atoms with Gasteiger partial charge in [0.2, 0.25) is 0 Å². The summed E-state index contributed by atoms with van der Waals surface area (Å²) in [5.41, 5.74) is 1.77. The summed E-state index contributed by atoms with van der Waals surface area (Å²) in [5.74, 6) is 0.105. The highest BCUT2D eigenvalue weighted by Gasteiger charge is 2.15. The maximum atomic E-state index is 12.6. The van der Waals surface area contributed by atoms with Crippen molar-refractivity contribution < 1.29 is 14.3 Å². The summed E-state index contributed by atoms with van der Waals surface area (Å²) < 4.78 is 10.6. The normalized spacial score (nSPS) is 14.5. The van der Waals surface area contributed by atoms with Crippen LogP contribution >= 0.6 is 23.2 Å². The predicted molar refractivity (Wildman–Crippen MR) is 113 cm³/mol. The molecular weight excluding hydrogens is 401 g/mol. The molecule has 0 radical (unpaired) electrons. The number of methoxy groups -OCH3 is 1. The molecule has 1 aliphatic rings. The van der Waals surface area contributed by atoms with Crippen molar-refractivity contribution in [1.29, 1.82) is 0 Å². The summed E-state index contributed by atoms with van der Waals surface area (Å²) in [4.78, 5) is 14.9. The van der Waals surface area contributed by atoms with Crippen molar-refractivity contribution in [3.8, 4) is 5.75 Å². The first-order chi connectivity index (χ1) is 13.6. The highest BCUT2D eigenvalue weighted by Crippen LogP contribution is 2.28. The Hall–Kier alpha value is -1.99. The molecule has 2 aromatic rings. The van der Waals surface area contributed by atoms with Crippen LogP contribution in [0, 0.1) is 0 Å². The predicted octanol–water partition coefficient (Wildman–Crippen LogP) is 4.00. The average Bonchev–Trinajstić information content (AvgIpc) is 2.70. The molecule has 2 N–H and O–H groups in total. The van der Waals surface area contributed by atoms with Gasteiger partial charge in [0.1, 0.15) is 5.75 Å². The highest BCUT2D eigenvalue weighted by molar-refractivity contribution is 6.34. The molecule has 0 unspecified atom stereocenters. The Morgan fingerprint density at radius 2 is 1.96 bits per heavy atom. The van der Waals surface area contributed by atoms with Crippen LogP contribution in [0.4, 0.5) is 11.4 Å². The summed E-state index contributed by atoms with van der Waals surface area (Å²) >= 11 is 12.4. The Balaban J connectivity index is 1.59. The number of nitrogens with one attached hydrogen (secondary N) is 2. The summed E-state index contributed by atoms with van der Waals surface area (Å²) in [6.07, 6.45) is 0. The van der Waals surface area contributed by atoms with E-state index in [-0.39, 0.29) is 5.91 Å². The fraction of sp³-hybridized carbons (Fsp3) is 0.350. The smallest absolute Gasteiger partial charge is 0.259 e. The molecule has 1 saturated heterocycles. The zero-order valence-corrected chi connectivity index (χ0v) is 17.1. The molecule has 6 nitrogen and oxygen atoms in total. The van der Waals surface area contributed by atoms with Crippen molar-refractivity contribution in [2.45, 2.75) is 0 Å². The van der Waals surface area contributed by atoms with Crippen LogP contribution in [-0.4, -0.2) is 57.3 Å². The van der Waals surface area contributed by atoms with E-state index in [9.17, 15) is 4.79 Å². The molecule has 1 fully saturated rings. The first kappa shape index (κ1) is 20.7. The molecule has 1 aliphatic heterocycles. The molecule has 0 saturated carbocycles.